The Hall–Kier alpha value is -1.64. The lowest BCUT2D eigenvalue weighted by Crippen LogP contribution is -2.11. The van der Waals surface area contributed by atoms with Gasteiger partial charge in [-0.1, -0.05) is 6.92 Å². The quantitative estimate of drug-likeness (QED) is 0.518. The standard InChI is InChI=1S/C10H8F6.C2H2/c1-2-6-3-7(9(11,12)13)5-8(4-6)10(14,15)16;1-2/h3-5H,2H2,1H3;1-2H. The van der Waals surface area contributed by atoms with Crippen LogP contribution in [0.2, 0.25) is 0 Å². The third-order valence-electron chi connectivity index (χ3n) is 2.06. The van der Waals surface area contributed by atoms with Crippen molar-refractivity contribution in [1.82, 2.24) is 0 Å². The summed E-state index contributed by atoms with van der Waals surface area (Å²) in [7, 11) is 0. The Kier molecular flexibility index (Phi) is 5.28. The van der Waals surface area contributed by atoms with Gasteiger partial charge in [0.15, 0.2) is 0 Å². The van der Waals surface area contributed by atoms with Crippen molar-refractivity contribution in [1.29, 1.82) is 0 Å². The van der Waals surface area contributed by atoms with Crippen LogP contribution in [0.1, 0.15) is 23.6 Å². The van der Waals surface area contributed by atoms with Gasteiger partial charge in [-0.2, -0.15) is 26.3 Å². The van der Waals surface area contributed by atoms with Crippen LogP contribution in [0.3, 0.4) is 0 Å². The van der Waals surface area contributed by atoms with Crippen LogP contribution >= 0.6 is 0 Å². The molecule has 0 heterocycles. The SMILES string of the molecule is C#C.CCc1cc(C(F)(F)F)cc(C(F)(F)F)c1. The van der Waals surface area contributed by atoms with E-state index in [1.807, 2.05) is 0 Å². The molecular weight excluding hydrogens is 258 g/mol. The predicted octanol–water partition coefficient (Wildman–Crippen LogP) is 4.54. The molecule has 18 heavy (non-hydrogen) atoms. The Morgan fingerprint density at radius 1 is 0.833 bits per heavy atom. The first-order valence-electron chi connectivity index (χ1n) is 4.76. The molecule has 0 amide bonds. The number of aryl methyl sites for hydroxylation is 1. The molecule has 0 atom stereocenters. The van der Waals surface area contributed by atoms with Gasteiger partial charge in [0.05, 0.1) is 11.1 Å². The molecule has 0 unspecified atom stereocenters. The van der Waals surface area contributed by atoms with E-state index < -0.39 is 23.5 Å². The molecular formula is C12H10F6. The minimum Gasteiger partial charge on any atom is -0.166 e. The molecule has 6 heteroatoms. The molecule has 0 aromatic heterocycles. The summed E-state index contributed by atoms with van der Waals surface area (Å²) in [6.07, 6.45) is -1.40. The van der Waals surface area contributed by atoms with Crippen molar-refractivity contribution < 1.29 is 26.3 Å². The molecule has 0 aliphatic heterocycles. The molecule has 0 fully saturated rings. The molecule has 100 valence electrons. The molecule has 0 spiro atoms. The van der Waals surface area contributed by atoms with Crippen LogP contribution in [0.5, 0.6) is 0 Å². The zero-order valence-electron chi connectivity index (χ0n) is 9.36. The number of benzene rings is 1. The van der Waals surface area contributed by atoms with E-state index >= 15 is 0 Å². The maximum atomic E-state index is 12.3. The lowest BCUT2D eigenvalue weighted by atomic mass is 10.0. The van der Waals surface area contributed by atoms with E-state index in [0.717, 1.165) is 12.1 Å². The van der Waals surface area contributed by atoms with Gasteiger partial charge in [-0.25, -0.2) is 0 Å². The molecule has 0 aliphatic carbocycles. The Bertz CT molecular complexity index is 379. The maximum absolute atomic E-state index is 12.3. The van der Waals surface area contributed by atoms with Crippen LogP contribution in [0.4, 0.5) is 26.3 Å². The third kappa shape index (κ3) is 4.32. The number of rotatable bonds is 1. The number of hydrogen-bond donors (Lipinski definition) is 0. The molecule has 0 saturated heterocycles. The van der Waals surface area contributed by atoms with Crippen molar-refractivity contribution in [3.8, 4) is 12.8 Å². The van der Waals surface area contributed by atoms with Crippen molar-refractivity contribution in [3.05, 3.63) is 34.9 Å². The van der Waals surface area contributed by atoms with Gasteiger partial charge in [0.2, 0.25) is 0 Å². The molecule has 1 aromatic carbocycles. The number of hydrogen-bond acceptors (Lipinski definition) is 0. The zero-order valence-corrected chi connectivity index (χ0v) is 9.36. The average Bonchev–Trinajstić information content (AvgIpc) is 2.29. The smallest absolute Gasteiger partial charge is 0.166 e. The van der Waals surface area contributed by atoms with Crippen molar-refractivity contribution in [3.63, 3.8) is 0 Å². The monoisotopic (exact) mass is 268 g/mol. The molecule has 0 saturated carbocycles. The van der Waals surface area contributed by atoms with E-state index in [-0.39, 0.29) is 18.1 Å². The van der Waals surface area contributed by atoms with E-state index in [1.54, 1.807) is 0 Å². The van der Waals surface area contributed by atoms with Crippen molar-refractivity contribution in [2.45, 2.75) is 25.7 Å². The van der Waals surface area contributed by atoms with E-state index in [0.29, 0.717) is 0 Å². The highest BCUT2D eigenvalue weighted by molar-refractivity contribution is 5.33. The highest BCUT2D eigenvalue weighted by Gasteiger charge is 2.36. The van der Waals surface area contributed by atoms with E-state index in [4.69, 9.17) is 0 Å². The Morgan fingerprint density at radius 2 is 1.17 bits per heavy atom. The Balaban J connectivity index is 0.00000137. The summed E-state index contributed by atoms with van der Waals surface area (Å²) in [6.45, 7) is 1.50. The van der Waals surface area contributed by atoms with Crippen LogP contribution in [0, 0.1) is 12.8 Å². The first kappa shape index (κ1) is 16.4. The molecule has 1 aromatic rings. The summed E-state index contributed by atoms with van der Waals surface area (Å²) in [5.41, 5.74) is -2.51. The minimum absolute atomic E-state index is 0.0159. The fourth-order valence-corrected chi connectivity index (χ4v) is 1.22. The second-order valence-corrected chi connectivity index (χ2v) is 3.27. The maximum Gasteiger partial charge on any atom is 0.416 e. The lowest BCUT2D eigenvalue weighted by Gasteiger charge is -2.13. The second-order valence-electron chi connectivity index (χ2n) is 3.27. The molecule has 1 rings (SSSR count). The topological polar surface area (TPSA) is 0 Å². The largest absolute Gasteiger partial charge is 0.416 e. The highest BCUT2D eigenvalue weighted by Crippen LogP contribution is 2.36. The van der Waals surface area contributed by atoms with Gasteiger partial charge in [-0.3, -0.25) is 0 Å². The van der Waals surface area contributed by atoms with E-state index in [2.05, 4.69) is 12.8 Å². The van der Waals surface area contributed by atoms with Crippen molar-refractivity contribution in [2.24, 2.45) is 0 Å². The number of terminal acetylenes is 1. The fraction of sp³-hybridized carbons (Fsp3) is 0.333. The minimum atomic E-state index is -4.76. The van der Waals surface area contributed by atoms with Crippen LogP contribution in [-0.2, 0) is 18.8 Å². The summed E-state index contributed by atoms with van der Waals surface area (Å²) in [6, 6.07) is 1.59. The van der Waals surface area contributed by atoms with Crippen LogP contribution < -0.4 is 0 Å². The first-order valence-corrected chi connectivity index (χ1v) is 4.76. The van der Waals surface area contributed by atoms with Gasteiger partial charge in [0.25, 0.3) is 0 Å². The summed E-state index contributed by atoms with van der Waals surface area (Å²) < 4.78 is 73.8. The van der Waals surface area contributed by atoms with Gasteiger partial charge in [-0.15, -0.1) is 12.8 Å². The molecule has 0 aliphatic rings. The molecule has 0 radical (unpaired) electrons. The highest BCUT2D eigenvalue weighted by atomic mass is 19.4. The average molecular weight is 268 g/mol. The predicted molar refractivity (Wildman–Crippen MR) is 55.7 cm³/mol. The number of halogens is 6. The molecule has 0 nitrogen and oxygen atoms in total. The molecule has 0 bridgehead atoms. The Labute approximate surface area is 101 Å². The van der Waals surface area contributed by atoms with E-state index in [9.17, 15) is 26.3 Å². The second kappa shape index (κ2) is 5.80. The van der Waals surface area contributed by atoms with Crippen LogP contribution in [0.25, 0.3) is 0 Å². The summed E-state index contributed by atoms with van der Waals surface area (Å²) in [5.74, 6) is 0. The molecule has 0 N–H and O–H groups in total. The summed E-state index contributed by atoms with van der Waals surface area (Å²) in [4.78, 5) is 0. The van der Waals surface area contributed by atoms with Gasteiger partial charge >= 0.3 is 12.4 Å². The fourth-order valence-electron chi connectivity index (χ4n) is 1.22. The van der Waals surface area contributed by atoms with Crippen molar-refractivity contribution in [2.75, 3.05) is 0 Å². The van der Waals surface area contributed by atoms with Gasteiger partial charge in [-0.05, 0) is 30.2 Å². The number of alkyl halides is 6. The third-order valence-corrected chi connectivity index (χ3v) is 2.06. The lowest BCUT2D eigenvalue weighted by molar-refractivity contribution is -0.143. The van der Waals surface area contributed by atoms with E-state index in [1.165, 1.54) is 6.92 Å². The van der Waals surface area contributed by atoms with Crippen LogP contribution in [-0.4, -0.2) is 0 Å². The van der Waals surface area contributed by atoms with Crippen LogP contribution in [0.15, 0.2) is 18.2 Å². The van der Waals surface area contributed by atoms with Crippen molar-refractivity contribution >= 4 is 0 Å². The first-order chi connectivity index (χ1) is 8.14. The summed E-state index contributed by atoms with van der Waals surface area (Å²) >= 11 is 0. The van der Waals surface area contributed by atoms with Gasteiger partial charge < -0.3 is 0 Å². The zero-order chi connectivity index (χ0) is 14.6. The van der Waals surface area contributed by atoms with Gasteiger partial charge in [0.1, 0.15) is 0 Å². The Morgan fingerprint density at radius 3 is 1.39 bits per heavy atom. The normalized spacial score (nSPS) is 11.6. The summed E-state index contributed by atoms with van der Waals surface area (Å²) in [5, 5.41) is 0. The van der Waals surface area contributed by atoms with Gasteiger partial charge in [0, 0.05) is 0 Å².